The summed E-state index contributed by atoms with van der Waals surface area (Å²) in [5.74, 6) is 1.47. The van der Waals surface area contributed by atoms with Crippen molar-refractivity contribution in [1.82, 2.24) is 5.43 Å². The van der Waals surface area contributed by atoms with Crippen molar-refractivity contribution in [2.45, 2.75) is 20.5 Å². The predicted octanol–water partition coefficient (Wildman–Crippen LogP) is 4.75. The number of nitrogens with one attached hydrogen (secondary N) is 1. The Morgan fingerprint density at radius 2 is 1.81 bits per heavy atom. The summed E-state index contributed by atoms with van der Waals surface area (Å²) in [6.07, 6.45) is 1.57. The van der Waals surface area contributed by atoms with Crippen LogP contribution in [0.5, 0.6) is 17.2 Å². The van der Waals surface area contributed by atoms with Gasteiger partial charge in [0.2, 0.25) is 0 Å². The minimum absolute atomic E-state index is 0.343. The number of aryl methyl sites for hydroxylation is 1. The maximum absolute atomic E-state index is 12.4. The Bertz CT molecular complexity index is 1050. The van der Waals surface area contributed by atoms with Gasteiger partial charge in [0.15, 0.2) is 11.5 Å². The average molecular weight is 418 g/mol. The third kappa shape index (κ3) is 6.34. The number of rotatable bonds is 9. The number of methoxy groups -OCH3 is 1. The van der Waals surface area contributed by atoms with Crippen LogP contribution >= 0.6 is 0 Å². The van der Waals surface area contributed by atoms with Crippen molar-refractivity contribution in [1.29, 1.82) is 0 Å². The number of carbonyl (C=O) groups excluding carboxylic acids is 1. The second-order valence-electron chi connectivity index (χ2n) is 6.84. The first-order valence-electron chi connectivity index (χ1n) is 10.0. The minimum Gasteiger partial charge on any atom is -0.493 e. The van der Waals surface area contributed by atoms with E-state index in [0.717, 1.165) is 16.9 Å². The lowest BCUT2D eigenvalue weighted by Crippen LogP contribution is -2.17. The molecule has 6 heteroatoms. The Morgan fingerprint density at radius 1 is 1.00 bits per heavy atom. The van der Waals surface area contributed by atoms with Gasteiger partial charge in [-0.25, -0.2) is 5.43 Å². The van der Waals surface area contributed by atoms with Crippen molar-refractivity contribution in [3.8, 4) is 17.2 Å². The molecule has 0 aliphatic heterocycles. The van der Waals surface area contributed by atoms with Gasteiger partial charge < -0.3 is 14.2 Å². The summed E-state index contributed by atoms with van der Waals surface area (Å²) in [5.41, 5.74) is 6.08. The second-order valence-corrected chi connectivity index (χ2v) is 6.84. The van der Waals surface area contributed by atoms with E-state index in [9.17, 15) is 4.79 Å². The van der Waals surface area contributed by atoms with E-state index in [1.807, 2.05) is 43.3 Å². The zero-order valence-corrected chi connectivity index (χ0v) is 17.9. The molecule has 0 fully saturated rings. The molecule has 3 aromatic rings. The van der Waals surface area contributed by atoms with E-state index in [2.05, 4.69) is 29.6 Å². The quantitative estimate of drug-likeness (QED) is 0.402. The number of benzene rings is 3. The van der Waals surface area contributed by atoms with Crippen LogP contribution < -0.4 is 19.6 Å². The predicted molar refractivity (Wildman–Crippen MR) is 121 cm³/mol. The van der Waals surface area contributed by atoms with E-state index < -0.39 is 0 Å². The fourth-order valence-corrected chi connectivity index (χ4v) is 2.85. The Labute approximate surface area is 182 Å². The molecule has 3 rings (SSSR count). The molecule has 0 aromatic heterocycles. The number of hydrazone groups is 1. The fourth-order valence-electron chi connectivity index (χ4n) is 2.85. The number of carbonyl (C=O) groups is 1. The summed E-state index contributed by atoms with van der Waals surface area (Å²) in [6, 6.07) is 20.7. The summed E-state index contributed by atoms with van der Waals surface area (Å²) < 4.78 is 16.6. The molecule has 160 valence electrons. The number of nitrogens with zero attached hydrogens (tertiary/aromatic N) is 1. The molecule has 1 N–H and O–H groups in total. The van der Waals surface area contributed by atoms with Crippen LogP contribution in [0.15, 0.2) is 71.8 Å². The van der Waals surface area contributed by atoms with Gasteiger partial charge in [-0.3, -0.25) is 4.79 Å². The molecular formula is C25H26N2O4. The van der Waals surface area contributed by atoms with Crippen molar-refractivity contribution in [3.63, 3.8) is 0 Å². The molecule has 31 heavy (non-hydrogen) atoms. The van der Waals surface area contributed by atoms with Crippen molar-refractivity contribution >= 4 is 12.1 Å². The van der Waals surface area contributed by atoms with Crippen LogP contribution in [-0.4, -0.2) is 25.8 Å². The highest BCUT2D eigenvalue weighted by molar-refractivity contribution is 5.95. The third-order valence-electron chi connectivity index (χ3n) is 4.49. The molecule has 3 aromatic carbocycles. The summed E-state index contributed by atoms with van der Waals surface area (Å²) in [4.78, 5) is 12.4. The Morgan fingerprint density at radius 3 is 2.55 bits per heavy atom. The van der Waals surface area contributed by atoms with Gasteiger partial charge in [-0.15, -0.1) is 0 Å². The van der Waals surface area contributed by atoms with Crippen molar-refractivity contribution < 1.29 is 19.0 Å². The second kappa shape index (κ2) is 10.8. The van der Waals surface area contributed by atoms with E-state index in [4.69, 9.17) is 14.2 Å². The topological polar surface area (TPSA) is 69.2 Å². The molecule has 1 amide bonds. The molecule has 0 radical (unpaired) electrons. The van der Waals surface area contributed by atoms with Crippen LogP contribution in [0.25, 0.3) is 0 Å². The molecule has 0 aliphatic carbocycles. The van der Waals surface area contributed by atoms with Gasteiger partial charge in [-0.1, -0.05) is 42.0 Å². The van der Waals surface area contributed by atoms with E-state index in [-0.39, 0.29) is 5.91 Å². The maximum atomic E-state index is 12.4. The Balaban J connectivity index is 1.58. The zero-order valence-electron chi connectivity index (χ0n) is 17.9. The summed E-state index contributed by atoms with van der Waals surface area (Å²) >= 11 is 0. The van der Waals surface area contributed by atoms with Crippen LogP contribution in [-0.2, 0) is 6.61 Å². The largest absolute Gasteiger partial charge is 0.493 e. The SMILES string of the molecule is CCOc1ccc(C(=O)N/N=C/c2cccc(OCc3ccc(C)cc3)c2)cc1OC. The van der Waals surface area contributed by atoms with Gasteiger partial charge in [0.25, 0.3) is 5.91 Å². The van der Waals surface area contributed by atoms with Gasteiger partial charge in [0.05, 0.1) is 19.9 Å². The molecule has 0 saturated heterocycles. The number of hydrogen-bond donors (Lipinski definition) is 1. The molecule has 0 unspecified atom stereocenters. The summed E-state index contributed by atoms with van der Waals surface area (Å²) in [5, 5.41) is 4.05. The van der Waals surface area contributed by atoms with Gasteiger partial charge >= 0.3 is 0 Å². The maximum Gasteiger partial charge on any atom is 0.271 e. The molecule has 0 heterocycles. The highest BCUT2D eigenvalue weighted by Crippen LogP contribution is 2.28. The fraction of sp³-hybridized carbons (Fsp3) is 0.200. The van der Waals surface area contributed by atoms with Crippen LogP contribution in [0.3, 0.4) is 0 Å². The standard InChI is InChI=1S/C25H26N2O4/c1-4-30-23-13-12-21(15-24(23)29-3)25(28)27-26-16-20-6-5-7-22(14-20)31-17-19-10-8-18(2)9-11-19/h5-16H,4,17H2,1-3H3,(H,27,28)/b26-16+. The molecule has 0 spiro atoms. The molecule has 0 aliphatic rings. The van der Waals surface area contributed by atoms with E-state index in [0.29, 0.717) is 30.3 Å². The smallest absolute Gasteiger partial charge is 0.271 e. The zero-order chi connectivity index (χ0) is 22.1. The first-order chi connectivity index (χ1) is 15.1. The molecule has 0 bridgehead atoms. The number of amides is 1. The van der Waals surface area contributed by atoms with E-state index in [1.54, 1.807) is 24.4 Å². The third-order valence-corrected chi connectivity index (χ3v) is 4.49. The number of ether oxygens (including phenoxy) is 3. The van der Waals surface area contributed by atoms with Crippen LogP contribution in [0.2, 0.25) is 0 Å². The minimum atomic E-state index is -0.343. The highest BCUT2D eigenvalue weighted by Gasteiger charge is 2.10. The Kier molecular flexibility index (Phi) is 7.65. The summed E-state index contributed by atoms with van der Waals surface area (Å²) in [6.45, 7) is 4.94. The van der Waals surface area contributed by atoms with Gasteiger partial charge in [-0.2, -0.15) is 5.10 Å². The van der Waals surface area contributed by atoms with Crippen molar-refractivity contribution in [2.75, 3.05) is 13.7 Å². The molecular weight excluding hydrogens is 392 g/mol. The lowest BCUT2D eigenvalue weighted by atomic mass is 10.2. The van der Waals surface area contributed by atoms with E-state index >= 15 is 0 Å². The number of hydrogen-bond acceptors (Lipinski definition) is 5. The summed E-state index contributed by atoms with van der Waals surface area (Å²) in [7, 11) is 1.53. The molecule has 0 atom stereocenters. The highest BCUT2D eigenvalue weighted by atomic mass is 16.5. The average Bonchev–Trinajstić information content (AvgIpc) is 2.79. The molecule has 6 nitrogen and oxygen atoms in total. The normalized spacial score (nSPS) is 10.7. The van der Waals surface area contributed by atoms with Crippen molar-refractivity contribution in [3.05, 3.63) is 89.0 Å². The van der Waals surface area contributed by atoms with Crippen LogP contribution in [0.4, 0.5) is 0 Å². The Hall–Kier alpha value is -3.80. The first kappa shape index (κ1) is 21.9. The first-order valence-corrected chi connectivity index (χ1v) is 10.0. The van der Waals surface area contributed by atoms with Crippen molar-refractivity contribution in [2.24, 2.45) is 5.10 Å². The lowest BCUT2D eigenvalue weighted by Gasteiger charge is -2.10. The monoisotopic (exact) mass is 418 g/mol. The lowest BCUT2D eigenvalue weighted by molar-refractivity contribution is 0.0954. The van der Waals surface area contributed by atoms with Gasteiger partial charge in [-0.05, 0) is 55.3 Å². The van der Waals surface area contributed by atoms with Gasteiger partial charge in [0, 0.05) is 5.56 Å². The van der Waals surface area contributed by atoms with Crippen LogP contribution in [0, 0.1) is 6.92 Å². The van der Waals surface area contributed by atoms with Crippen LogP contribution in [0.1, 0.15) is 34.0 Å². The molecule has 0 saturated carbocycles. The van der Waals surface area contributed by atoms with Gasteiger partial charge in [0.1, 0.15) is 12.4 Å². The van der Waals surface area contributed by atoms with E-state index in [1.165, 1.54) is 12.7 Å².